The van der Waals surface area contributed by atoms with Crippen LogP contribution in [0.25, 0.3) is 0 Å². The lowest BCUT2D eigenvalue weighted by Crippen LogP contribution is -2.25. The number of methoxy groups -OCH3 is 1. The molecule has 2 aliphatic rings. The van der Waals surface area contributed by atoms with E-state index in [1.54, 1.807) is 42.7 Å². The first-order valence-electron chi connectivity index (χ1n) is 10.8. The number of hydrogen-bond acceptors (Lipinski definition) is 7. The minimum atomic E-state index is -0.585. The van der Waals surface area contributed by atoms with Gasteiger partial charge >= 0.3 is 0 Å². The third-order valence-corrected chi connectivity index (χ3v) is 7.61. The topological polar surface area (TPSA) is 83.4 Å². The molecular formula is C25H22N4O3S2. The van der Waals surface area contributed by atoms with Gasteiger partial charge in [0, 0.05) is 24.6 Å². The van der Waals surface area contributed by atoms with E-state index in [4.69, 9.17) is 9.84 Å². The molecule has 0 saturated heterocycles. The first-order chi connectivity index (χ1) is 16.6. The number of carbonyl (C=O) groups excluding carboxylic acids is 2. The van der Waals surface area contributed by atoms with Gasteiger partial charge in [-0.05, 0) is 29.1 Å². The van der Waals surface area contributed by atoms with Crippen molar-refractivity contribution in [2.45, 2.75) is 24.1 Å². The molecule has 2 aliphatic heterocycles. The summed E-state index contributed by atoms with van der Waals surface area (Å²) in [5, 5.41) is 11.5. The molecule has 0 bridgehead atoms. The van der Waals surface area contributed by atoms with Crippen LogP contribution in [0.3, 0.4) is 0 Å². The number of ether oxygens (including phenoxy) is 1. The summed E-state index contributed by atoms with van der Waals surface area (Å²) in [6.45, 7) is 0. The van der Waals surface area contributed by atoms with E-state index in [1.807, 2.05) is 34.7 Å². The van der Waals surface area contributed by atoms with Crippen molar-refractivity contribution in [1.82, 2.24) is 5.01 Å². The lowest BCUT2D eigenvalue weighted by Gasteiger charge is -2.23. The summed E-state index contributed by atoms with van der Waals surface area (Å²) in [7, 11) is 1.57. The van der Waals surface area contributed by atoms with Gasteiger partial charge in [-0.1, -0.05) is 54.2 Å². The quantitative estimate of drug-likeness (QED) is 0.530. The van der Waals surface area contributed by atoms with Crippen LogP contribution in [0.5, 0.6) is 5.75 Å². The van der Waals surface area contributed by atoms with Gasteiger partial charge in [-0.3, -0.25) is 9.59 Å². The van der Waals surface area contributed by atoms with E-state index < -0.39 is 5.25 Å². The summed E-state index contributed by atoms with van der Waals surface area (Å²) in [5.41, 5.74) is 2.70. The zero-order valence-corrected chi connectivity index (χ0v) is 20.0. The van der Waals surface area contributed by atoms with Crippen LogP contribution in [0.2, 0.25) is 0 Å². The highest BCUT2D eigenvalue weighted by Crippen LogP contribution is 2.39. The number of hydrazone groups is 1. The average molecular weight is 491 g/mol. The van der Waals surface area contributed by atoms with Crippen LogP contribution in [0.4, 0.5) is 5.69 Å². The van der Waals surface area contributed by atoms with Crippen LogP contribution in [0.1, 0.15) is 29.3 Å². The average Bonchev–Trinajstić information content (AvgIpc) is 3.60. The lowest BCUT2D eigenvalue weighted by molar-refractivity contribution is -0.121. The molecule has 2 aromatic carbocycles. The Labute approximate surface area is 205 Å². The fourth-order valence-corrected chi connectivity index (χ4v) is 5.68. The monoisotopic (exact) mass is 490 g/mol. The zero-order valence-electron chi connectivity index (χ0n) is 18.4. The molecule has 3 heterocycles. The van der Waals surface area contributed by atoms with Gasteiger partial charge in [0.15, 0.2) is 5.17 Å². The number of hydrogen-bond donors (Lipinski definition) is 1. The van der Waals surface area contributed by atoms with Gasteiger partial charge in [-0.25, -0.2) is 5.01 Å². The third-order valence-electron chi connectivity index (χ3n) is 5.55. The van der Waals surface area contributed by atoms with E-state index in [1.165, 1.54) is 11.8 Å². The van der Waals surface area contributed by atoms with Gasteiger partial charge in [0.2, 0.25) is 5.91 Å². The Balaban J connectivity index is 1.31. The molecule has 0 fully saturated rings. The van der Waals surface area contributed by atoms with Crippen LogP contribution < -0.4 is 10.1 Å². The number of carbonyl (C=O) groups is 2. The summed E-state index contributed by atoms with van der Waals surface area (Å²) in [6.07, 6.45) is 0.748. The van der Waals surface area contributed by atoms with Gasteiger partial charge in [0.05, 0.1) is 23.7 Å². The maximum atomic E-state index is 12.7. The van der Waals surface area contributed by atoms with Crippen molar-refractivity contribution >= 4 is 51.5 Å². The Morgan fingerprint density at radius 1 is 1.15 bits per heavy atom. The third kappa shape index (κ3) is 4.76. The molecule has 1 N–H and O–H groups in total. The van der Waals surface area contributed by atoms with E-state index in [2.05, 4.69) is 28.5 Å². The number of amidine groups is 1. The number of aliphatic imine (C=N–C) groups is 1. The molecule has 0 radical (unpaired) electrons. The van der Waals surface area contributed by atoms with Gasteiger partial charge in [0.25, 0.3) is 5.91 Å². The molecule has 0 aliphatic carbocycles. The highest BCUT2D eigenvalue weighted by atomic mass is 32.2. The van der Waals surface area contributed by atoms with Crippen LogP contribution in [-0.4, -0.2) is 40.1 Å². The molecule has 0 saturated carbocycles. The van der Waals surface area contributed by atoms with E-state index in [0.29, 0.717) is 16.6 Å². The maximum absolute atomic E-state index is 12.7. The van der Waals surface area contributed by atoms with Crippen molar-refractivity contribution in [2.24, 2.45) is 10.1 Å². The molecule has 0 unspecified atom stereocenters. The number of thiophene rings is 1. The second kappa shape index (κ2) is 9.82. The summed E-state index contributed by atoms with van der Waals surface area (Å²) in [5.74, 6) is 0.0851. The largest absolute Gasteiger partial charge is 0.497 e. The molecular weight excluding hydrogens is 468 g/mol. The number of nitrogens with one attached hydrogen (secondary N) is 1. The number of rotatable bonds is 6. The molecule has 2 amide bonds. The van der Waals surface area contributed by atoms with Crippen LogP contribution in [-0.2, 0) is 9.59 Å². The number of thioether (sulfide) groups is 1. The van der Waals surface area contributed by atoms with Crippen molar-refractivity contribution < 1.29 is 14.3 Å². The van der Waals surface area contributed by atoms with Crippen molar-refractivity contribution in [3.63, 3.8) is 0 Å². The highest BCUT2D eigenvalue weighted by molar-refractivity contribution is 8.15. The van der Waals surface area contributed by atoms with Crippen molar-refractivity contribution in [2.75, 3.05) is 12.4 Å². The first kappa shape index (κ1) is 22.4. The number of amides is 2. The summed E-state index contributed by atoms with van der Waals surface area (Å²) in [6, 6.07) is 21.2. The molecule has 3 aromatic rings. The Hall–Kier alpha value is -3.43. The normalized spacial score (nSPS) is 19.7. The zero-order chi connectivity index (χ0) is 23.5. The summed E-state index contributed by atoms with van der Waals surface area (Å²) < 4.78 is 5.19. The Kier molecular flexibility index (Phi) is 6.46. The molecule has 7 nitrogen and oxygen atoms in total. The molecule has 2 atom stereocenters. The van der Waals surface area contributed by atoms with E-state index in [9.17, 15) is 9.59 Å². The molecule has 0 spiro atoms. The SMILES string of the molecule is COc1cccc(NC(=O)C[C@@H]2SC(N3N=C(c4cccs4)C[C@@H]3c3ccccc3)=NC2=O)c1. The maximum Gasteiger partial charge on any atom is 0.262 e. The second-order valence-electron chi connectivity index (χ2n) is 7.82. The van der Waals surface area contributed by atoms with Crippen molar-refractivity contribution in [3.05, 3.63) is 82.6 Å². The van der Waals surface area contributed by atoms with Gasteiger partial charge in [0.1, 0.15) is 11.0 Å². The van der Waals surface area contributed by atoms with Gasteiger partial charge in [-0.15, -0.1) is 11.3 Å². The highest BCUT2D eigenvalue weighted by Gasteiger charge is 2.39. The first-order valence-corrected chi connectivity index (χ1v) is 12.6. The van der Waals surface area contributed by atoms with Crippen molar-refractivity contribution in [3.8, 4) is 5.75 Å². The fourth-order valence-electron chi connectivity index (χ4n) is 3.90. The van der Waals surface area contributed by atoms with E-state index in [-0.39, 0.29) is 24.3 Å². The Bertz CT molecular complexity index is 1260. The Morgan fingerprint density at radius 2 is 2.00 bits per heavy atom. The summed E-state index contributed by atoms with van der Waals surface area (Å²) in [4.78, 5) is 30.7. The molecule has 34 heavy (non-hydrogen) atoms. The lowest BCUT2D eigenvalue weighted by atomic mass is 10.0. The predicted octanol–water partition coefficient (Wildman–Crippen LogP) is 4.93. The number of nitrogens with zero attached hydrogens (tertiary/aromatic N) is 3. The smallest absolute Gasteiger partial charge is 0.262 e. The number of benzene rings is 2. The van der Waals surface area contributed by atoms with Gasteiger partial charge in [-0.2, -0.15) is 10.1 Å². The molecule has 1 aromatic heterocycles. The van der Waals surface area contributed by atoms with Crippen molar-refractivity contribution in [1.29, 1.82) is 0 Å². The summed E-state index contributed by atoms with van der Waals surface area (Å²) >= 11 is 2.94. The Morgan fingerprint density at radius 3 is 2.76 bits per heavy atom. The van der Waals surface area contributed by atoms with Crippen LogP contribution in [0, 0.1) is 0 Å². The second-order valence-corrected chi connectivity index (χ2v) is 9.94. The van der Waals surface area contributed by atoms with Crippen LogP contribution in [0.15, 0.2) is 82.2 Å². The fraction of sp³-hybridized carbons (Fsp3) is 0.200. The minimum absolute atomic E-state index is 0.0268. The standard InChI is InChI=1S/C25H22N4O3S2/c1-32-18-10-5-9-17(13-18)26-23(30)15-22-24(31)27-25(34-22)29-20(16-7-3-2-4-8-16)14-19(28-29)21-11-6-12-33-21/h2-13,20,22H,14-15H2,1H3,(H,26,30)/t20-,22+/m1/s1. The molecule has 9 heteroatoms. The van der Waals surface area contributed by atoms with E-state index >= 15 is 0 Å². The molecule has 172 valence electrons. The minimum Gasteiger partial charge on any atom is -0.497 e. The number of anilines is 1. The van der Waals surface area contributed by atoms with E-state index in [0.717, 1.165) is 22.6 Å². The van der Waals surface area contributed by atoms with Gasteiger partial charge < -0.3 is 10.1 Å². The van der Waals surface area contributed by atoms with Crippen LogP contribution >= 0.6 is 23.1 Å². The predicted molar refractivity (Wildman–Crippen MR) is 137 cm³/mol. The molecule has 5 rings (SSSR count).